The van der Waals surface area contributed by atoms with Crippen molar-refractivity contribution in [1.29, 1.82) is 0 Å². The second-order valence-electron chi connectivity index (χ2n) is 4.55. The van der Waals surface area contributed by atoms with Crippen molar-refractivity contribution in [3.8, 4) is 5.75 Å². The third-order valence-corrected chi connectivity index (χ3v) is 3.63. The molecule has 0 unspecified atom stereocenters. The van der Waals surface area contributed by atoms with Crippen LogP contribution >= 0.6 is 0 Å². The fourth-order valence-corrected chi connectivity index (χ4v) is 1.93. The van der Waals surface area contributed by atoms with Gasteiger partial charge in [0.15, 0.2) is 11.6 Å². The molecular weight excluding hydrogens is 226 g/mol. The molecule has 0 aliphatic rings. The Kier molecular flexibility index (Phi) is 5.92. The first-order valence-electron chi connectivity index (χ1n) is 6.73. The van der Waals surface area contributed by atoms with Crippen molar-refractivity contribution in [3.05, 3.63) is 18.3 Å². The van der Waals surface area contributed by atoms with Crippen molar-refractivity contribution in [2.24, 2.45) is 11.1 Å². The van der Waals surface area contributed by atoms with Crippen LogP contribution in [0.25, 0.3) is 0 Å². The normalized spacial score (nSPS) is 11.3. The van der Waals surface area contributed by atoms with Gasteiger partial charge < -0.3 is 15.8 Å². The molecule has 0 radical (unpaired) electrons. The SMILES string of the molecule is CCOc1cccnc1NCC(CC)(CC)CN. The molecule has 4 nitrogen and oxygen atoms in total. The molecule has 0 aliphatic carbocycles. The number of ether oxygens (including phenoxy) is 1. The van der Waals surface area contributed by atoms with E-state index in [2.05, 4.69) is 24.1 Å². The molecule has 1 rings (SSSR count). The number of nitrogens with one attached hydrogen (secondary N) is 1. The molecule has 0 aliphatic heterocycles. The van der Waals surface area contributed by atoms with E-state index in [0.717, 1.165) is 31.0 Å². The van der Waals surface area contributed by atoms with Crippen LogP contribution in [-0.2, 0) is 0 Å². The highest BCUT2D eigenvalue weighted by Gasteiger charge is 2.24. The van der Waals surface area contributed by atoms with E-state index in [4.69, 9.17) is 10.5 Å². The van der Waals surface area contributed by atoms with Gasteiger partial charge in [-0.05, 0) is 43.9 Å². The fourth-order valence-electron chi connectivity index (χ4n) is 1.93. The molecule has 0 saturated heterocycles. The molecule has 0 atom stereocenters. The van der Waals surface area contributed by atoms with Gasteiger partial charge in [-0.15, -0.1) is 0 Å². The van der Waals surface area contributed by atoms with Gasteiger partial charge >= 0.3 is 0 Å². The first-order valence-corrected chi connectivity index (χ1v) is 6.73. The lowest BCUT2D eigenvalue weighted by atomic mass is 9.82. The van der Waals surface area contributed by atoms with Gasteiger partial charge in [-0.1, -0.05) is 13.8 Å². The summed E-state index contributed by atoms with van der Waals surface area (Å²) in [7, 11) is 0. The summed E-state index contributed by atoms with van der Waals surface area (Å²) in [6.07, 6.45) is 3.89. The number of rotatable bonds is 8. The lowest BCUT2D eigenvalue weighted by Crippen LogP contribution is -2.36. The summed E-state index contributed by atoms with van der Waals surface area (Å²) in [5.74, 6) is 1.61. The van der Waals surface area contributed by atoms with Gasteiger partial charge in [-0.3, -0.25) is 0 Å². The lowest BCUT2D eigenvalue weighted by molar-refractivity contribution is 0.293. The monoisotopic (exact) mass is 251 g/mol. The Morgan fingerprint density at radius 3 is 2.61 bits per heavy atom. The van der Waals surface area contributed by atoms with Crippen LogP contribution in [0.3, 0.4) is 0 Å². The predicted molar refractivity (Wildman–Crippen MR) is 76.0 cm³/mol. The van der Waals surface area contributed by atoms with Gasteiger partial charge in [-0.2, -0.15) is 0 Å². The van der Waals surface area contributed by atoms with Gasteiger partial charge in [0.2, 0.25) is 0 Å². The van der Waals surface area contributed by atoms with E-state index >= 15 is 0 Å². The standard InChI is InChI=1S/C14H25N3O/c1-4-14(5-2,10-15)11-17-13-12(18-6-3)8-7-9-16-13/h7-9H,4-6,10-11,15H2,1-3H3,(H,16,17). The largest absolute Gasteiger partial charge is 0.490 e. The molecular formula is C14H25N3O. The summed E-state index contributed by atoms with van der Waals surface area (Å²) in [4.78, 5) is 4.33. The molecule has 18 heavy (non-hydrogen) atoms. The summed E-state index contributed by atoms with van der Waals surface area (Å²) < 4.78 is 5.55. The molecule has 0 aromatic carbocycles. The molecule has 0 saturated carbocycles. The van der Waals surface area contributed by atoms with Crippen LogP contribution < -0.4 is 15.8 Å². The van der Waals surface area contributed by atoms with Crippen molar-refractivity contribution < 1.29 is 4.74 Å². The van der Waals surface area contributed by atoms with Gasteiger partial charge in [0.25, 0.3) is 0 Å². The zero-order chi connectivity index (χ0) is 13.4. The third-order valence-electron chi connectivity index (χ3n) is 3.63. The van der Waals surface area contributed by atoms with E-state index in [1.165, 1.54) is 0 Å². The molecule has 1 heterocycles. The van der Waals surface area contributed by atoms with Crippen molar-refractivity contribution in [2.45, 2.75) is 33.6 Å². The van der Waals surface area contributed by atoms with Crippen molar-refractivity contribution >= 4 is 5.82 Å². The second kappa shape index (κ2) is 7.21. The first-order chi connectivity index (χ1) is 8.71. The molecule has 0 amide bonds. The number of nitrogens with two attached hydrogens (primary N) is 1. The number of hydrogen-bond donors (Lipinski definition) is 2. The van der Waals surface area contributed by atoms with E-state index in [1.54, 1.807) is 6.20 Å². The van der Waals surface area contributed by atoms with E-state index in [1.807, 2.05) is 19.1 Å². The van der Waals surface area contributed by atoms with Crippen LogP contribution in [0.4, 0.5) is 5.82 Å². The molecule has 0 fully saturated rings. The number of anilines is 1. The van der Waals surface area contributed by atoms with Crippen LogP contribution in [0.15, 0.2) is 18.3 Å². The van der Waals surface area contributed by atoms with Crippen molar-refractivity contribution in [1.82, 2.24) is 4.98 Å². The fraction of sp³-hybridized carbons (Fsp3) is 0.643. The number of pyridine rings is 1. The minimum atomic E-state index is 0.140. The molecule has 4 heteroatoms. The Hall–Kier alpha value is -1.29. The van der Waals surface area contributed by atoms with Crippen LogP contribution in [0, 0.1) is 5.41 Å². The predicted octanol–water partition coefficient (Wildman–Crippen LogP) is 2.66. The Morgan fingerprint density at radius 2 is 2.06 bits per heavy atom. The van der Waals surface area contributed by atoms with E-state index in [9.17, 15) is 0 Å². The van der Waals surface area contributed by atoms with E-state index in [0.29, 0.717) is 13.2 Å². The second-order valence-corrected chi connectivity index (χ2v) is 4.55. The average molecular weight is 251 g/mol. The van der Waals surface area contributed by atoms with Gasteiger partial charge in [0.1, 0.15) is 0 Å². The molecule has 0 spiro atoms. The number of hydrogen-bond acceptors (Lipinski definition) is 4. The number of nitrogens with zero attached hydrogens (tertiary/aromatic N) is 1. The summed E-state index contributed by atoms with van der Waals surface area (Å²) in [5.41, 5.74) is 6.04. The third kappa shape index (κ3) is 3.60. The van der Waals surface area contributed by atoms with E-state index < -0.39 is 0 Å². The molecule has 1 aromatic rings. The van der Waals surface area contributed by atoms with Crippen molar-refractivity contribution in [2.75, 3.05) is 25.0 Å². The maximum atomic E-state index is 5.90. The highest BCUT2D eigenvalue weighted by atomic mass is 16.5. The van der Waals surface area contributed by atoms with Crippen LogP contribution in [-0.4, -0.2) is 24.7 Å². The number of aromatic nitrogens is 1. The minimum Gasteiger partial charge on any atom is -0.490 e. The minimum absolute atomic E-state index is 0.140. The molecule has 3 N–H and O–H groups in total. The smallest absolute Gasteiger partial charge is 0.168 e. The Balaban J connectivity index is 2.72. The zero-order valence-electron chi connectivity index (χ0n) is 11.7. The maximum absolute atomic E-state index is 5.90. The average Bonchev–Trinajstić information content (AvgIpc) is 2.43. The Labute approximate surface area is 110 Å². The van der Waals surface area contributed by atoms with E-state index in [-0.39, 0.29) is 5.41 Å². The van der Waals surface area contributed by atoms with Crippen molar-refractivity contribution in [3.63, 3.8) is 0 Å². The summed E-state index contributed by atoms with van der Waals surface area (Å²) in [6, 6.07) is 3.81. The van der Waals surface area contributed by atoms with Gasteiger partial charge in [0.05, 0.1) is 6.61 Å². The summed E-state index contributed by atoms with van der Waals surface area (Å²) in [5, 5.41) is 3.38. The Bertz CT molecular complexity index is 342. The van der Waals surface area contributed by atoms with Crippen LogP contribution in [0.1, 0.15) is 33.6 Å². The maximum Gasteiger partial charge on any atom is 0.168 e. The van der Waals surface area contributed by atoms with Crippen LogP contribution in [0.5, 0.6) is 5.75 Å². The van der Waals surface area contributed by atoms with Gasteiger partial charge in [0, 0.05) is 12.7 Å². The summed E-state index contributed by atoms with van der Waals surface area (Å²) in [6.45, 7) is 8.49. The highest BCUT2D eigenvalue weighted by Crippen LogP contribution is 2.27. The Morgan fingerprint density at radius 1 is 1.33 bits per heavy atom. The zero-order valence-corrected chi connectivity index (χ0v) is 11.7. The molecule has 102 valence electrons. The van der Waals surface area contributed by atoms with Gasteiger partial charge in [-0.25, -0.2) is 4.98 Å². The molecule has 1 aromatic heterocycles. The highest BCUT2D eigenvalue weighted by molar-refractivity contribution is 5.49. The molecule has 0 bridgehead atoms. The summed E-state index contributed by atoms with van der Waals surface area (Å²) >= 11 is 0. The van der Waals surface area contributed by atoms with Crippen LogP contribution in [0.2, 0.25) is 0 Å². The quantitative estimate of drug-likeness (QED) is 0.745. The first kappa shape index (κ1) is 14.8. The topological polar surface area (TPSA) is 60.2 Å². The lowest BCUT2D eigenvalue weighted by Gasteiger charge is -2.30.